The Labute approximate surface area is 91.1 Å². The van der Waals surface area contributed by atoms with Gasteiger partial charge in [-0.15, -0.1) is 0 Å². The van der Waals surface area contributed by atoms with Gasteiger partial charge in [-0.2, -0.15) is 5.10 Å². The van der Waals surface area contributed by atoms with E-state index >= 15 is 0 Å². The van der Waals surface area contributed by atoms with E-state index in [1.165, 1.54) is 29.1 Å². The van der Waals surface area contributed by atoms with Gasteiger partial charge in [0.25, 0.3) is 5.56 Å². The predicted octanol–water partition coefficient (Wildman–Crippen LogP) is 1.17. The third-order valence-electron chi connectivity index (χ3n) is 2.31. The van der Waals surface area contributed by atoms with Gasteiger partial charge in [0.15, 0.2) is 0 Å². The maximum absolute atomic E-state index is 13.0. The average molecular weight is 219 g/mol. The molecule has 0 aliphatic heterocycles. The predicted molar refractivity (Wildman–Crippen MR) is 59.3 cm³/mol. The van der Waals surface area contributed by atoms with E-state index in [1.807, 2.05) is 0 Å². The minimum Gasteiger partial charge on any atom is -0.396 e. The van der Waals surface area contributed by atoms with E-state index in [4.69, 9.17) is 5.73 Å². The molecule has 1 aromatic carbocycles. The Hall–Kier alpha value is -2.17. The number of hydrogen-bond donors (Lipinski definition) is 1. The van der Waals surface area contributed by atoms with Gasteiger partial charge < -0.3 is 5.73 Å². The van der Waals surface area contributed by atoms with E-state index in [-0.39, 0.29) is 11.2 Å². The van der Waals surface area contributed by atoms with Crippen LogP contribution in [0.3, 0.4) is 0 Å². The van der Waals surface area contributed by atoms with Crippen LogP contribution in [0.15, 0.2) is 35.3 Å². The Balaban J connectivity index is 2.64. The normalized spacial score (nSPS) is 10.4. The number of aromatic nitrogens is 2. The third-order valence-corrected chi connectivity index (χ3v) is 2.31. The monoisotopic (exact) mass is 219 g/mol. The molecule has 5 heteroatoms. The molecule has 1 heterocycles. The van der Waals surface area contributed by atoms with E-state index in [0.29, 0.717) is 11.1 Å². The van der Waals surface area contributed by atoms with Crippen LogP contribution in [0.4, 0.5) is 10.1 Å². The Bertz CT molecular complexity index is 592. The summed E-state index contributed by atoms with van der Waals surface area (Å²) in [6, 6.07) is 5.77. The number of nitrogen functional groups attached to an aromatic ring is 1. The Morgan fingerprint density at radius 2 is 2.12 bits per heavy atom. The molecule has 0 spiro atoms. The quantitative estimate of drug-likeness (QED) is 0.732. The molecule has 0 saturated carbocycles. The highest BCUT2D eigenvalue weighted by Gasteiger charge is 2.06. The van der Waals surface area contributed by atoms with Crippen LogP contribution in [0.5, 0.6) is 0 Å². The van der Waals surface area contributed by atoms with Gasteiger partial charge in [-0.1, -0.05) is 6.07 Å². The summed E-state index contributed by atoms with van der Waals surface area (Å²) >= 11 is 0. The maximum atomic E-state index is 13.0. The molecule has 0 unspecified atom stereocenters. The van der Waals surface area contributed by atoms with Crippen molar-refractivity contribution in [2.24, 2.45) is 7.05 Å². The highest BCUT2D eigenvalue weighted by Crippen LogP contribution is 2.19. The molecule has 1 aromatic heterocycles. The second-order valence-corrected chi connectivity index (χ2v) is 3.41. The molecular formula is C11H10FN3O. The van der Waals surface area contributed by atoms with Gasteiger partial charge in [0.2, 0.25) is 0 Å². The number of benzene rings is 1. The lowest BCUT2D eigenvalue weighted by molar-refractivity contribution is 0.632. The average Bonchev–Trinajstić information content (AvgIpc) is 2.26. The molecule has 0 atom stereocenters. The molecule has 0 fully saturated rings. The van der Waals surface area contributed by atoms with E-state index in [9.17, 15) is 9.18 Å². The first-order valence-electron chi connectivity index (χ1n) is 4.67. The van der Waals surface area contributed by atoms with Crippen LogP contribution >= 0.6 is 0 Å². The molecule has 0 bridgehead atoms. The first kappa shape index (κ1) is 10.4. The van der Waals surface area contributed by atoms with Crippen molar-refractivity contribution in [3.63, 3.8) is 0 Å². The fourth-order valence-corrected chi connectivity index (χ4v) is 1.44. The summed E-state index contributed by atoms with van der Waals surface area (Å²) < 4.78 is 14.2. The maximum Gasteiger partial charge on any atom is 0.274 e. The molecule has 0 radical (unpaired) electrons. The molecule has 0 aliphatic rings. The smallest absolute Gasteiger partial charge is 0.274 e. The zero-order chi connectivity index (χ0) is 11.7. The van der Waals surface area contributed by atoms with E-state index in [2.05, 4.69) is 5.10 Å². The second kappa shape index (κ2) is 3.77. The van der Waals surface area contributed by atoms with Gasteiger partial charge in [0.05, 0.1) is 11.3 Å². The van der Waals surface area contributed by atoms with Crippen molar-refractivity contribution in [3.8, 4) is 11.1 Å². The summed E-state index contributed by atoms with van der Waals surface area (Å²) in [6.07, 6.45) is 1.51. The van der Waals surface area contributed by atoms with Gasteiger partial charge in [-0.25, -0.2) is 9.07 Å². The first-order valence-corrected chi connectivity index (χ1v) is 4.67. The standard InChI is InChI=1S/C11H10FN3O/c1-15-11(16)8(4-5-14-15)7-2-3-9(12)10(13)6-7/h2-6H,13H2,1H3. The Kier molecular flexibility index (Phi) is 2.44. The molecule has 0 amide bonds. The Morgan fingerprint density at radius 1 is 1.38 bits per heavy atom. The van der Waals surface area contributed by atoms with Crippen LogP contribution in [-0.2, 0) is 7.05 Å². The SMILES string of the molecule is Cn1nccc(-c2ccc(F)c(N)c2)c1=O. The summed E-state index contributed by atoms with van der Waals surface area (Å²) in [4.78, 5) is 11.7. The van der Waals surface area contributed by atoms with Crippen LogP contribution in [0, 0.1) is 5.82 Å². The van der Waals surface area contributed by atoms with Gasteiger partial charge in [-0.05, 0) is 23.8 Å². The topological polar surface area (TPSA) is 60.9 Å². The number of anilines is 1. The van der Waals surface area contributed by atoms with Gasteiger partial charge in [0, 0.05) is 13.2 Å². The summed E-state index contributed by atoms with van der Waals surface area (Å²) in [5.41, 5.74) is 6.26. The van der Waals surface area contributed by atoms with Crippen LogP contribution < -0.4 is 11.3 Å². The molecule has 2 N–H and O–H groups in total. The molecule has 82 valence electrons. The highest BCUT2D eigenvalue weighted by atomic mass is 19.1. The van der Waals surface area contributed by atoms with E-state index in [0.717, 1.165) is 0 Å². The number of hydrogen-bond acceptors (Lipinski definition) is 3. The van der Waals surface area contributed by atoms with E-state index in [1.54, 1.807) is 13.1 Å². The molecule has 2 rings (SSSR count). The molecule has 0 saturated heterocycles. The summed E-state index contributed by atoms with van der Waals surface area (Å²) in [7, 11) is 1.55. The van der Waals surface area contributed by atoms with Crippen molar-refractivity contribution in [1.29, 1.82) is 0 Å². The van der Waals surface area contributed by atoms with Crippen molar-refractivity contribution in [1.82, 2.24) is 9.78 Å². The Morgan fingerprint density at radius 3 is 2.81 bits per heavy atom. The van der Waals surface area contributed by atoms with Crippen LogP contribution in [0.25, 0.3) is 11.1 Å². The van der Waals surface area contributed by atoms with Gasteiger partial charge in [-0.3, -0.25) is 4.79 Å². The molecule has 16 heavy (non-hydrogen) atoms. The van der Waals surface area contributed by atoms with Crippen molar-refractivity contribution in [2.45, 2.75) is 0 Å². The number of nitrogens with zero attached hydrogens (tertiary/aromatic N) is 2. The lowest BCUT2D eigenvalue weighted by Crippen LogP contribution is -2.20. The summed E-state index contributed by atoms with van der Waals surface area (Å²) in [6.45, 7) is 0. The lowest BCUT2D eigenvalue weighted by Gasteiger charge is -2.04. The number of aryl methyl sites for hydroxylation is 1. The van der Waals surface area contributed by atoms with E-state index < -0.39 is 5.82 Å². The van der Waals surface area contributed by atoms with Gasteiger partial charge in [0.1, 0.15) is 5.82 Å². The molecular weight excluding hydrogens is 209 g/mol. The largest absolute Gasteiger partial charge is 0.396 e. The van der Waals surface area contributed by atoms with Crippen molar-refractivity contribution < 1.29 is 4.39 Å². The van der Waals surface area contributed by atoms with Crippen molar-refractivity contribution in [2.75, 3.05) is 5.73 Å². The molecule has 4 nitrogen and oxygen atoms in total. The fourth-order valence-electron chi connectivity index (χ4n) is 1.44. The minimum absolute atomic E-state index is 0.0244. The first-order chi connectivity index (χ1) is 7.59. The van der Waals surface area contributed by atoms with Crippen LogP contribution in [0.1, 0.15) is 0 Å². The van der Waals surface area contributed by atoms with Crippen LogP contribution in [-0.4, -0.2) is 9.78 Å². The third kappa shape index (κ3) is 1.67. The summed E-state index contributed by atoms with van der Waals surface area (Å²) in [5.74, 6) is -0.491. The van der Waals surface area contributed by atoms with Crippen molar-refractivity contribution in [3.05, 3.63) is 46.6 Å². The zero-order valence-corrected chi connectivity index (χ0v) is 8.64. The number of rotatable bonds is 1. The molecule has 0 aliphatic carbocycles. The zero-order valence-electron chi connectivity index (χ0n) is 8.64. The fraction of sp³-hybridized carbons (Fsp3) is 0.0909. The highest BCUT2D eigenvalue weighted by molar-refractivity contribution is 5.66. The summed E-state index contributed by atoms with van der Waals surface area (Å²) in [5, 5.41) is 3.80. The van der Waals surface area contributed by atoms with Crippen LogP contribution in [0.2, 0.25) is 0 Å². The number of nitrogens with two attached hydrogens (primary N) is 1. The van der Waals surface area contributed by atoms with Gasteiger partial charge >= 0.3 is 0 Å². The van der Waals surface area contributed by atoms with Crippen molar-refractivity contribution >= 4 is 5.69 Å². The number of halogens is 1. The lowest BCUT2D eigenvalue weighted by atomic mass is 10.1. The molecule has 2 aromatic rings. The second-order valence-electron chi connectivity index (χ2n) is 3.41. The minimum atomic E-state index is -0.491.